The second-order valence-corrected chi connectivity index (χ2v) is 8.64. The number of fused-ring (bicyclic) bond motifs is 7. The van der Waals surface area contributed by atoms with Crippen molar-refractivity contribution in [2.75, 3.05) is 31.7 Å². The van der Waals surface area contributed by atoms with E-state index in [0.717, 1.165) is 19.0 Å². The second kappa shape index (κ2) is 10.9. The number of carbonyl (C=O) groups is 1. The lowest BCUT2D eigenvalue weighted by molar-refractivity contribution is 0.0695. The number of anilines is 2. The number of nitrogens with one attached hydrogen (secondary N) is 2. The Morgan fingerprint density at radius 3 is 2.53 bits per heavy atom. The molecule has 5 rings (SSSR count). The van der Waals surface area contributed by atoms with Crippen LogP contribution < -0.4 is 20.1 Å². The third-order valence-corrected chi connectivity index (χ3v) is 6.04. The Hall–Kier alpha value is -3.79. The average molecular weight is 497 g/mol. The van der Waals surface area contributed by atoms with Gasteiger partial charge >= 0.3 is 0 Å². The van der Waals surface area contributed by atoms with E-state index in [-0.39, 0.29) is 35.9 Å². The van der Waals surface area contributed by atoms with Crippen molar-refractivity contribution in [2.24, 2.45) is 0 Å². The summed E-state index contributed by atoms with van der Waals surface area (Å²) in [6.45, 7) is 1.82. The van der Waals surface area contributed by atoms with Crippen LogP contribution in [0.25, 0.3) is 11.3 Å². The third-order valence-electron chi connectivity index (χ3n) is 6.04. The molecule has 0 unspecified atom stereocenters. The lowest BCUT2D eigenvalue weighted by Gasteiger charge is -2.23. The van der Waals surface area contributed by atoms with Crippen LogP contribution in [-0.2, 0) is 4.74 Å². The first kappa shape index (κ1) is 23.9. The van der Waals surface area contributed by atoms with E-state index in [9.17, 15) is 13.6 Å². The second-order valence-electron chi connectivity index (χ2n) is 8.64. The first-order chi connectivity index (χ1) is 17.6. The van der Waals surface area contributed by atoms with E-state index in [4.69, 9.17) is 14.2 Å². The van der Waals surface area contributed by atoms with E-state index in [1.54, 1.807) is 18.2 Å². The van der Waals surface area contributed by atoms with Gasteiger partial charge in [0.2, 0.25) is 5.95 Å². The first-order valence-corrected chi connectivity index (χ1v) is 11.9. The molecule has 2 aromatic carbocycles. The van der Waals surface area contributed by atoms with E-state index in [1.165, 1.54) is 18.2 Å². The number of aromatic nitrogens is 2. The van der Waals surface area contributed by atoms with Gasteiger partial charge in [-0.05, 0) is 56.0 Å². The fraction of sp³-hybridized carbons (Fsp3) is 0.346. The Balaban J connectivity index is 1.45. The van der Waals surface area contributed by atoms with Crippen LogP contribution in [0.3, 0.4) is 0 Å². The molecule has 36 heavy (non-hydrogen) atoms. The third kappa shape index (κ3) is 5.54. The highest BCUT2D eigenvalue weighted by Gasteiger charge is 2.21. The van der Waals surface area contributed by atoms with Gasteiger partial charge in [0.1, 0.15) is 11.4 Å². The molecule has 2 aliphatic rings. The molecule has 10 heteroatoms. The molecule has 8 nitrogen and oxygen atoms in total. The Bertz CT molecular complexity index is 1250. The zero-order valence-electron chi connectivity index (χ0n) is 19.6. The van der Waals surface area contributed by atoms with Crippen molar-refractivity contribution in [1.82, 2.24) is 15.3 Å². The van der Waals surface area contributed by atoms with E-state index in [0.29, 0.717) is 55.2 Å². The maximum atomic E-state index is 14.6. The number of amides is 1. The monoisotopic (exact) mass is 496 g/mol. The van der Waals surface area contributed by atoms with Crippen molar-refractivity contribution < 1.29 is 27.8 Å². The van der Waals surface area contributed by atoms with Crippen molar-refractivity contribution in [1.29, 1.82) is 0 Å². The molecule has 3 aromatic rings. The van der Waals surface area contributed by atoms with Gasteiger partial charge in [-0.2, -0.15) is 0 Å². The van der Waals surface area contributed by atoms with Gasteiger partial charge in [-0.1, -0.05) is 0 Å². The number of benzene rings is 2. The molecule has 0 spiro atoms. The summed E-state index contributed by atoms with van der Waals surface area (Å²) in [4.78, 5) is 21.3. The Kier molecular flexibility index (Phi) is 7.22. The summed E-state index contributed by atoms with van der Waals surface area (Å²) in [6, 6.07) is 9.23. The van der Waals surface area contributed by atoms with Crippen LogP contribution in [0.2, 0.25) is 0 Å². The van der Waals surface area contributed by atoms with Gasteiger partial charge < -0.3 is 24.8 Å². The molecule has 1 saturated heterocycles. The molecule has 3 heterocycles. The van der Waals surface area contributed by atoms with Crippen LogP contribution in [0.1, 0.15) is 36.0 Å². The Morgan fingerprint density at radius 2 is 1.72 bits per heavy atom. The predicted molar refractivity (Wildman–Crippen MR) is 129 cm³/mol. The topological polar surface area (TPSA) is 94.6 Å². The summed E-state index contributed by atoms with van der Waals surface area (Å²) in [5.74, 6) is -0.866. The van der Waals surface area contributed by atoms with Crippen molar-refractivity contribution in [2.45, 2.75) is 31.7 Å². The van der Waals surface area contributed by atoms with E-state index in [1.807, 2.05) is 0 Å². The fourth-order valence-electron chi connectivity index (χ4n) is 4.10. The number of ether oxygens (including phenoxy) is 3. The summed E-state index contributed by atoms with van der Waals surface area (Å²) in [5.41, 5.74) is 1.35. The Labute approximate surface area is 207 Å². The smallest absolute Gasteiger partial charge is 0.255 e. The lowest BCUT2D eigenvalue weighted by atomic mass is 10.1. The number of hydrogen-bond acceptors (Lipinski definition) is 7. The van der Waals surface area contributed by atoms with Crippen LogP contribution in [0.4, 0.5) is 20.4 Å². The maximum Gasteiger partial charge on any atom is 0.255 e. The van der Waals surface area contributed by atoms with Crippen LogP contribution in [-0.4, -0.2) is 48.3 Å². The lowest BCUT2D eigenvalue weighted by Crippen LogP contribution is -2.39. The standard InChI is InChI=1S/C26H26F2N4O4/c27-20-6-3-16-13-23(20)36-10-2-1-9-35-22-14-18(31-26-29-15-21(28)24(16)32-26)4-5-19(22)25(33)30-17-7-11-34-12-8-17/h3-6,13-15,17H,1-2,7-12H2,(H,30,33)(H,29,31,32). The zero-order valence-corrected chi connectivity index (χ0v) is 19.6. The number of rotatable bonds is 2. The minimum absolute atomic E-state index is 0.00776. The minimum atomic E-state index is -0.650. The average Bonchev–Trinajstić information content (AvgIpc) is 2.88. The van der Waals surface area contributed by atoms with Crippen LogP contribution in [0, 0.1) is 11.6 Å². The van der Waals surface area contributed by atoms with Crippen molar-refractivity contribution in [3.05, 3.63) is 59.8 Å². The summed E-state index contributed by atoms with van der Waals surface area (Å²) in [6.07, 6.45) is 3.78. The highest BCUT2D eigenvalue weighted by atomic mass is 19.1. The maximum absolute atomic E-state index is 14.6. The molecule has 0 atom stereocenters. The SMILES string of the molecule is O=C(NC1CCOCC1)c1ccc2cc1OCCCCOc1cc(ccc1F)-c1nc(ncc1F)N2. The largest absolute Gasteiger partial charge is 0.493 e. The highest BCUT2D eigenvalue weighted by Crippen LogP contribution is 2.30. The predicted octanol–water partition coefficient (Wildman–Crippen LogP) is 4.63. The summed E-state index contributed by atoms with van der Waals surface area (Å²) < 4.78 is 45.8. The van der Waals surface area contributed by atoms with Crippen LogP contribution in [0.5, 0.6) is 11.5 Å². The van der Waals surface area contributed by atoms with Gasteiger partial charge in [-0.3, -0.25) is 4.79 Å². The summed E-state index contributed by atoms with van der Waals surface area (Å²) in [5, 5.41) is 6.09. The van der Waals surface area contributed by atoms with Gasteiger partial charge in [0.05, 0.1) is 25.0 Å². The molecule has 188 valence electrons. The number of carbonyl (C=O) groups excluding carboxylic acids is 1. The number of hydrogen-bond donors (Lipinski definition) is 2. The van der Waals surface area contributed by atoms with Crippen LogP contribution in [0.15, 0.2) is 42.6 Å². The van der Waals surface area contributed by atoms with Crippen molar-refractivity contribution in [3.63, 3.8) is 0 Å². The van der Waals surface area contributed by atoms with E-state index in [2.05, 4.69) is 20.6 Å². The Morgan fingerprint density at radius 1 is 0.944 bits per heavy atom. The zero-order chi connectivity index (χ0) is 24.9. The number of halogens is 2. The molecule has 0 radical (unpaired) electrons. The van der Waals surface area contributed by atoms with Gasteiger partial charge in [-0.25, -0.2) is 18.7 Å². The number of nitrogens with zero attached hydrogens (tertiary/aromatic N) is 2. The van der Waals surface area contributed by atoms with Crippen LogP contribution >= 0.6 is 0 Å². The molecule has 2 aliphatic heterocycles. The van der Waals surface area contributed by atoms with E-state index < -0.39 is 11.6 Å². The molecule has 6 bridgehead atoms. The molecule has 1 amide bonds. The highest BCUT2D eigenvalue weighted by molar-refractivity contribution is 5.97. The summed E-state index contributed by atoms with van der Waals surface area (Å²) in [7, 11) is 0. The van der Waals surface area contributed by atoms with Gasteiger partial charge in [-0.15, -0.1) is 0 Å². The molecule has 2 N–H and O–H groups in total. The minimum Gasteiger partial charge on any atom is -0.493 e. The molecular weight excluding hydrogens is 470 g/mol. The normalized spacial score (nSPS) is 16.3. The quantitative estimate of drug-likeness (QED) is 0.534. The first-order valence-electron chi connectivity index (χ1n) is 11.9. The van der Waals surface area contributed by atoms with E-state index >= 15 is 0 Å². The molecule has 1 fully saturated rings. The molecule has 0 saturated carbocycles. The molecule has 0 aliphatic carbocycles. The van der Waals surface area contributed by atoms with Crippen molar-refractivity contribution in [3.8, 4) is 22.8 Å². The summed E-state index contributed by atoms with van der Waals surface area (Å²) >= 11 is 0. The molecule has 1 aromatic heterocycles. The molecular formula is C26H26F2N4O4. The van der Waals surface area contributed by atoms with Crippen molar-refractivity contribution >= 4 is 17.5 Å². The van der Waals surface area contributed by atoms with Gasteiger partial charge in [0, 0.05) is 36.6 Å². The van der Waals surface area contributed by atoms with Gasteiger partial charge in [0.15, 0.2) is 17.4 Å². The fourth-order valence-corrected chi connectivity index (χ4v) is 4.10. The van der Waals surface area contributed by atoms with Gasteiger partial charge in [0.25, 0.3) is 5.91 Å².